The van der Waals surface area contributed by atoms with Crippen molar-refractivity contribution in [3.8, 4) is 5.75 Å². The Bertz CT molecular complexity index is 643. The van der Waals surface area contributed by atoms with Crippen LogP contribution in [-0.2, 0) is 13.5 Å². The third-order valence-electron chi connectivity index (χ3n) is 3.45. The maximum absolute atomic E-state index is 10.8. The number of nitrogens with zero attached hydrogens (tertiary/aromatic N) is 1. The van der Waals surface area contributed by atoms with E-state index in [0.717, 1.165) is 31.1 Å². The van der Waals surface area contributed by atoms with Crippen LogP contribution in [0.25, 0.3) is 0 Å². The quantitative estimate of drug-likeness (QED) is 0.601. The van der Waals surface area contributed by atoms with Crippen LogP contribution in [0.2, 0.25) is 0 Å². The molecule has 0 saturated carbocycles. The van der Waals surface area contributed by atoms with Gasteiger partial charge >= 0.3 is 5.97 Å². The summed E-state index contributed by atoms with van der Waals surface area (Å²) in [5, 5.41) is 8.80. The van der Waals surface area contributed by atoms with Crippen molar-refractivity contribution >= 4 is 12.3 Å². The van der Waals surface area contributed by atoms with Gasteiger partial charge in [0.1, 0.15) is 5.75 Å². The highest BCUT2D eigenvalue weighted by atomic mass is 16.5. The lowest BCUT2D eigenvalue weighted by Gasteiger charge is -2.06. The first-order chi connectivity index (χ1) is 10.6. The van der Waals surface area contributed by atoms with Crippen molar-refractivity contribution in [3.05, 3.63) is 53.3 Å². The molecule has 0 amide bonds. The predicted octanol–water partition coefficient (Wildman–Crippen LogP) is 2.94. The van der Waals surface area contributed by atoms with Crippen LogP contribution < -0.4 is 4.74 Å². The van der Waals surface area contributed by atoms with E-state index in [0.29, 0.717) is 18.1 Å². The summed E-state index contributed by atoms with van der Waals surface area (Å²) in [6, 6.07) is 8.29. The SMILES string of the molecule is Cn1cc(CCCCOc2ccc(C(=O)O)cc2)cc1C=O. The number of aryl methyl sites for hydroxylation is 2. The summed E-state index contributed by atoms with van der Waals surface area (Å²) in [6.07, 6.45) is 5.59. The van der Waals surface area contributed by atoms with Crippen LogP contribution >= 0.6 is 0 Å². The molecule has 1 heterocycles. The summed E-state index contributed by atoms with van der Waals surface area (Å²) in [7, 11) is 1.86. The normalized spacial score (nSPS) is 10.4. The molecular weight excluding hydrogens is 282 g/mol. The molecule has 2 aromatic rings. The van der Waals surface area contributed by atoms with E-state index in [1.807, 2.05) is 23.9 Å². The number of hydrogen-bond donors (Lipinski definition) is 1. The molecule has 5 nitrogen and oxygen atoms in total. The van der Waals surface area contributed by atoms with Gasteiger partial charge in [0.25, 0.3) is 0 Å². The third kappa shape index (κ3) is 4.22. The first-order valence-electron chi connectivity index (χ1n) is 7.16. The van der Waals surface area contributed by atoms with E-state index in [2.05, 4.69) is 0 Å². The van der Waals surface area contributed by atoms with Gasteiger partial charge in [-0.1, -0.05) is 0 Å². The third-order valence-corrected chi connectivity index (χ3v) is 3.45. The summed E-state index contributed by atoms with van der Waals surface area (Å²) in [6.45, 7) is 0.583. The number of aldehydes is 1. The Morgan fingerprint density at radius 2 is 2.00 bits per heavy atom. The molecule has 0 atom stereocenters. The summed E-state index contributed by atoms with van der Waals surface area (Å²) < 4.78 is 7.40. The second kappa shape index (κ2) is 7.45. The Morgan fingerprint density at radius 3 is 2.59 bits per heavy atom. The number of aromatic carboxylic acids is 1. The molecule has 0 bridgehead atoms. The van der Waals surface area contributed by atoms with E-state index in [4.69, 9.17) is 9.84 Å². The number of carbonyl (C=O) groups excluding carboxylic acids is 1. The number of benzene rings is 1. The Hall–Kier alpha value is -2.56. The number of rotatable bonds is 8. The molecule has 1 aromatic heterocycles. The number of carbonyl (C=O) groups is 2. The van der Waals surface area contributed by atoms with Crippen LogP contribution in [0.3, 0.4) is 0 Å². The van der Waals surface area contributed by atoms with Crippen molar-refractivity contribution in [3.63, 3.8) is 0 Å². The van der Waals surface area contributed by atoms with Crippen LogP contribution in [0.1, 0.15) is 39.3 Å². The van der Waals surface area contributed by atoms with E-state index in [1.165, 1.54) is 12.1 Å². The van der Waals surface area contributed by atoms with E-state index in [1.54, 1.807) is 12.1 Å². The van der Waals surface area contributed by atoms with Crippen molar-refractivity contribution < 1.29 is 19.4 Å². The molecule has 5 heteroatoms. The number of carboxylic acid groups (broad SMARTS) is 1. The summed E-state index contributed by atoms with van der Waals surface area (Å²) >= 11 is 0. The minimum Gasteiger partial charge on any atom is -0.494 e. The van der Waals surface area contributed by atoms with Crippen molar-refractivity contribution in [1.82, 2.24) is 4.57 Å². The number of unbranched alkanes of at least 4 members (excludes halogenated alkanes) is 1. The molecule has 22 heavy (non-hydrogen) atoms. The Kier molecular flexibility index (Phi) is 5.36. The van der Waals surface area contributed by atoms with E-state index >= 15 is 0 Å². The second-order valence-electron chi connectivity index (χ2n) is 5.14. The van der Waals surface area contributed by atoms with E-state index in [9.17, 15) is 9.59 Å². The molecule has 0 radical (unpaired) electrons. The lowest BCUT2D eigenvalue weighted by molar-refractivity contribution is 0.0696. The summed E-state index contributed by atoms with van der Waals surface area (Å²) in [4.78, 5) is 21.5. The van der Waals surface area contributed by atoms with Crippen molar-refractivity contribution in [2.24, 2.45) is 7.05 Å². The average Bonchev–Trinajstić information content (AvgIpc) is 2.87. The highest BCUT2D eigenvalue weighted by Gasteiger charge is 2.03. The fourth-order valence-corrected chi connectivity index (χ4v) is 2.22. The largest absolute Gasteiger partial charge is 0.494 e. The van der Waals surface area contributed by atoms with Gasteiger partial charge in [0.15, 0.2) is 6.29 Å². The first kappa shape index (κ1) is 15.8. The monoisotopic (exact) mass is 301 g/mol. The molecule has 0 aliphatic carbocycles. The Balaban J connectivity index is 1.70. The molecular formula is C17H19NO4. The molecule has 0 aliphatic heterocycles. The maximum Gasteiger partial charge on any atom is 0.335 e. The van der Waals surface area contributed by atoms with E-state index < -0.39 is 5.97 Å². The number of carboxylic acids is 1. The smallest absolute Gasteiger partial charge is 0.335 e. The van der Waals surface area contributed by atoms with Gasteiger partial charge < -0.3 is 14.4 Å². The molecule has 0 aliphatic rings. The van der Waals surface area contributed by atoms with Crippen LogP contribution in [0.4, 0.5) is 0 Å². The zero-order chi connectivity index (χ0) is 15.9. The molecule has 2 rings (SSSR count). The lowest BCUT2D eigenvalue weighted by Crippen LogP contribution is -1.99. The number of hydrogen-bond acceptors (Lipinski definition) is 3. The minimum absolute atomic E-state index is 0.252. The summed E-state index contributed by atoms with van der Waals surface area (Å²) in [5.41, 5.74) is 2.09. The van der Waals surface area contributed by atoms with Crippen LogP contribution in [0.15, 0.2) is 36.5 Å². The fraction of sp³-hybridized carbons (Fsp3) is 0.294. The zero-order valence-electron chi connectivity index (χ0n) is 12.5. The van der Waals surface area contributed by atoms with Gasteiger partial charge in [-0.2, -0.15) is 0 Å². The predicted molar refractivity (Wildman–Crippen MR) is 82.6 cm³/mol. The molecule has 1 N–H and O–H groups in total. The summed E-state index contributed by atoms with van der Waals surface area (Å²) in [5.74, 6) is -0.267. The van der Waals surface area contributed by atoms with Crippen molar-refractivity contribution in [1.29, 1.82) is 0 Å². The molecule has 0 fully saturated rings. The van der Waals surface area contributed by atoms with Crippen molar-refractivity contribution in [2.75, 3.05) is 6.61 Å². The van der Waals surface area contributed by atoms with Crippen molar-refractivity contribution in [2.45, 2.75) is 19.3 Å². The van der Waals surface area contributed by atoms with Crippen LogP contribution in [-0.4, -0.2) is 28.5 Å². The van der Waals surface area contributed by atoms with Crippen LogP contribution in [0, 0.1) is 0 Å². The molecule has 116 valence electrons. The fourth-order valence-electron chi connectivity index (χ4n) is 2.22. The number of ether oxygens (including phenoxy) is 1. The van der Waals surface area contributed by atoms with Gasteiger partial charge in [0.2, 0.25) is 0 Å². The van der Waals surface area contributed by atoms with Gasteiger partial charge in [-0.05, 0) is 55.2 Å². The standard InChI is InChI=1S/C17H19NO4/c1-18-11-13(10-15(18)12-19)4-2-3-9-22-16-7-5-14(6-8-16)17(20)21/h5-8,10-12H,2-4,9H2,1H3,(H,20,21). The highest BCUT2D eigenvalue weighted by molar-refractivity contribution is 5.87. The second-order valence-corrected chi connectivity index (χ2v) is 5.14. The Labute approximate surface area is 129 Å². The lowest BCUT2D eigenvalue weighted by atomic mass is 10.1. The van der Waals surface area contributed by atoms with Crippen LogP contribution in [0.5, 0.6) is 5.75 Å². The van der Waals surface area contributed by atoms with Gasteiger partial charge in [-0.15, -0.1) is 0 Å². The maximum atomic E-state index is 10.8. The molecule has 0 spiro atoms. The average molecular weight is 301 g/mol. The minimum atomic E-state index is -0.941. The molecule has 0 unspecified atom stereocenters. The molecule has 0 saturated heterocycles. The van der Waals surface area contributed by atoms with Gasteiger partial charge in [-0.25, -0.2) is 4.79 Å². The number of aromatic nitrogens is 1. The zero-order valence-corrected chi connectivity index (χ0v) is 12.5. The molecule has 1 aromatic carbocycles. The van der Waals surface area contributed by atoms with Gasteiger partial charge in [0.05, 0.1) is 17.9 Å². The Morgan fingerprint density at radius 1 is 1.27 bits per heavy atom. The first-order valence-corrected chi connectivity index (χ1v) is 7.16. The van der Waals surface area contributed by atoms with Gasteiger partial charge in [0, 0.05) is 13.2 Å². The highest BCUT2D eigenvalue weighted by Crippen LogP contribution is 2.13. The topological polar surface area (TPSA) is 68.5 Å². The van der Waals surface area contributed by atoms with E-state index in [-0.39, 0.29) is 5.56 Å². The van der Waals surface area contributed by atoms with Gasteiger partial charge in [-0.3, -0.25) is 4.79 Å².